The SMILES string of the molecule is CC(C)C(C)C(=O)c1ccc(N(C)C=O)cc1. The number of nitrogens with zero attached hydrogens (tertiary/aromatic N) is 1. The molecule has 1 aromatic carbocycles. The molecule has 3 nitrogen and oxygen atoms in total. The Morgan fingerprint density at radius 3 is 2.12 bits per heavy atom. The predicted molar refractivity (Wildman–Crippen MR) is 69.2 cm³/mol. The molecule has 0 saturated carbocycles. The average Bonchev–Trinajstić information content (AvgIpc) is 2.36. The van der Waals surface area contributed by atoms with E-state index in [1.54, 1.807) is 31.3 Å². The predicted octanol–water partition coefficient (Wildman–Crippen LogP) is 2.75. The van der Waals surface area contributed by atoms with Crippen molar-refractivity contribution in [1.29, 1.82) is 0 Å². The van der Waals surface area contributed by atoms with Crippen LogP contribution in [-0.4, -0.2) is 19.2 Å². The summed E-state index contributed by atoms with van der Waals surface area (Å²) in [6.07, 6.45) is 0.744. The Morgan fingerprint density at radius 2 is 1.71 bits per heavy atom. The summed E-state index contributed by atoms with van der Waals surface area (Å²) in [7, 11) is 1.68. The molecule has 0 spiro atoms. The summed E-state index contributed by atoms with van der Waals surface area (Å²) in [6, 6.07) is 7.12. The van der Waals surface area contributed by atoms with Crippen LogP contribution in [0.3, 0.4) is 0 Å². The average molecular weight is 233 g/mol. The minimum atomic E-state index is 0.0182. The van der Waals surface area contributed by atoms with E-state index in [1.807, 2.05) is 20.8 Å². The maximum Gasteiger partial charge on any atom is 0.213 e. The highest BCUT2D eigenvalue weighted by molar-refractivity contribution is 5.98. The zero-order chi connectivity index (χ0) is 13.0. The first-order valence-corrected chi connectivity index (χ1v) is 5.79. The van der Waals surface area contributed by atoms with E-state index in [-0.39, 0.29) is 11.7 Å². The molecule has 0 aliphatic carbocycles. The second kappa shape index (κ2) is 5.62. The van der Waals surface area contributed by atoms with Gasteiger partial charge in [-0.2, -0.15) is 0 Å². The molecule has 0 radical (unpaired) electrons. The van der Waals surface area contributed by atoms with Gasteiger partial charge in [0.15, 0.2) is 5.78 Å². The number of carbonyl (C=O) groups is 2. The number of amides is 1. The summed E-state index contributed by atoms with van der Waals surface area (Å²) in [6.45, 7) is 6.02. The third-order valence-corrected chi connectivity index (χ3v) is 3.13. The van der Waals surface area contributed by atoms with Crippen LogP contribution in [-0.2, 0) is 4.79 Å². The molecule has 1 unspecified atom stereocenters. The van der Waals surface area contributed by atoms with Gasteiger partial charge >= 0.3 is 0 Å². The molecule has 0 aromatic heterocycles. The fourth-order valence-corrected chi connectivity index (χ4v) is 1.49. The van der Waals surface area contributed by atoms with E-state index in [9.17, 15) is 9.59 Å². The molecular weight excluding hydrogens is 214 g/mol. The number of benzene rings is 1. The van der Waals surface area contributed by atoms with E-state index in [1.165, 1.54) is 4.90 Å². The number of hydrogen-bond donors (Lipinski definition) is 0. The molecule has 92 valence electrons. The van der Waals surface area contributed by atoms with Crippen LogP contribution in [0.25, 0.3) is 0 Å². The number of Topliss-reactive ketones (excluding diaryl/α,β-unsaturated/α-hetero) is 1. The molecule has 0 aliphatic rings. The van der Waals surface area contributed by atoms with E-state index >= 15 is 0 Å². The Balaban J connectivity index is 2.88. The number of carbonyl (C=O) groups excluding carboxylic acids is 2. The van der Waals surface area contributed by atoms with Crippen molar-refractivity contribution >= 4 is 17.9 Å². The molecule has 3 heteroatoms. The molecule has 0 bridgehead atoms. The van der Waals surface area contributed by atoms with Crippen molar-refractivity contribution in [1.82, 2.24) is 0 Å². The molecule has 17 heavy (non-hydrogen) atoms. The van der Waals surface area contributed by atoms with Crippen molar-refractivity contribution < 1.29 is 9.59 Å². The fraction of sp³-hybridized carbons (Fsp3) is 0.429. The second-order valence-electron chi connectivity index (χ2n) is 4.66. The van der Waals surface area contributed by atoms with Gasteiger partial charge in [0.2, 0.25) is 6.41 Å². The molecule has 1 atom stereocenters. The van der Waals surface area contributed by atoms with Crippen molar-refractivity contribution in [3.63, 3.8) is 0 Å². The zero-order valence-electron chi connectivity index (χ0n) is 10.8. The lowest BCUT2D eigenvalue weighted by Crippen LogP contribution is -2.17. The van der Waals surface area contributed by atoms with Gasteiger partial charge in [-0.1, -0.05) is 20.8 Å². The molecule has 0 N–H and O–H groups in total. The first kappa shape index (κ1) is 13.4. The van der Waals surface area contributed by atoms with Crippen LogP contribution in [0.4, 0.5) is 5.69 Å². The van der Waals surface area contributed by atoms with E-state index in [2.05, 4.69) is 0 Å². The van der Waals surface area contributed by atoms with E-state index < -0.39 is 0 Å². The molecule has 0 fully saturated rings. The van der Waals surface area contributed by atoms with Crippen molar-refractivity contribution in [3.8, 4) is 0 Å². The summed E-state index contributed by atoms with van der Waals surface area (Å²) in [5.41, 5.74) is 1.49. The molecule has 1 rings (SSSR count). The normalized spacial score (nSPS) is 12.3. The van der Waals surface area contributed by atoms with Crippen molar-refractivity contribution in [2.45, 2.75) is 20.8 Å². The number of hydrogen-bond acceptors (Lipinski definition) is 2. The Bertz CT molecular complexity index is 395. The van der Waals surface area contributed by atoms with Crippen LogP contribution >= 0.6 is 0 Å². The number of anilines is 1. The van der Waals surface area contributed by atoms with Gasteiger partial charge in [0, 0.05) is 24.2 Å². The standard InChI is InChI=1S/C14H19NO2/c1-10(2)11(3)14(17)12-5-7-13(8-6-12)15(4)9-16/h5-11H,1-4H3. The van der Waals surface area contributed by atoms with Gasteiger partial charge in [-0.05, 0) is 30.2 Å². The number of ketones is 1. The van der Waals surface area contributed by atoms with Crippen molar-refractivity contribution in [3.05, 3.63) is 29.8 Å². The summed E-state index contributed by atoms with van der Waals surface area (Å²) >= 11 is 0. The first-order valence-electron chi connectivity index (χ1n) is 5.79. The third-order valence-electron chi connectivity index (χ3n) is 3.13. The molecule has 0 aliphatic heterocycles. The minimum absolute atomic E-state index is 0.0182. The first-order chi connectivity index (χ1) is 7.97. The highest BCUT2D eigenvalue weighted by Crippen LogP contribution is 2.19. The van der Waals surface area contributed by atoms with Gasteiger partial charge in [0.25, 0.3) is 0 Å². The smallest absolute Gasteiger partial charge is 0.213 e. The third kappa shape index (κ3) is 3.16. The Labute approximate surface area is 102 Å². The summed E-state index contributed by atoms with van der Waals surface area (Å²) < 4.78 is 0. The topological polar surface area (TPSA) is 37.4 Å². The molecule has 1 amide bonds. The van der Waals surface area contributed by atoms with Gasteiger partial charge in [0.05, 0.1) is 0 Å². The lowest BCUT2D eigenvalue weighted by molar-refractivity contribution is -0.107. The largest absolute Gasteiger partial charge is 0.318 e. The summed E-state index contributed by atoms with van der Waals surface area (Å²) in [5, 5.41) is 0. The van der Waals surface area contributed by atoms with Crippen molar-refractivity contribution in [2.24, 2.45) is 11.8 Å². The van der Waals surface area contributed by atoms with Crippen LogP contribution in [0, 0.1) is 11.8 Å². The maximum atomic E-state index is 12.1. The van der Waals surface area contributed by atoms with Crippen molar-refractivity contribution in [2.75, 3.05) is 11.9 Å². The van der Waals surface area contributed by atoms with E-state index in [0.29, 0.717) is 11.5 Å². The van der Waals surface area contributed by atoms with Gasteiger partial charge in [-0.15, -0.1) is 0 Å². The lowest BCUT2D eigenvalue weighted by Gasteiger charge is -2.15. The molecule has 1 aromatic rings. The minimum Gasteiger partial charge on any atom is -0.318 e. The molecule has 0 heterocycles. The van der Waals surface area contributed by atoms with E-state index in [4.69, 9.17) is 0 Å². The Kier molecular flexibility index (Phi) is 4.44. The van der Waals surface area contributed by atoms with Gasteiger partial charge in [0.1, 0.15) is 0 Å². The maximum absolute atomic E-state index is 12.1. The van der Waals surface area contributed by atoms with Crippen LogP contribution in [0.2, 0.25) is 0 Å². The highest BCUT2D eigenvalue weighted by Gasteiger charge is 2.18. The quantitative estimate of drug-likeness (QED) is 0.579. The van der Waals surface area contributed by atoms with Gasteiger partial charge < -0.3 is 4.90 Å². The zero-order valence-corrected chi connectivity index (χ0v) is 10.8. The Morgan fingerprint density at radius 1 is 1.18 bits per heavy atom. The second-order valence-corrected chi connectivity index (χ2v) is 4.66. The molecular formula is C14H19NO2. The van der Waals surface area contributed by atoms with Crippen LogP contribution in [0.15, 0.2) is 24.3 Å². The highest BCUT2D eigenvalue weighted by atomic mass is 16.1. The molecule has 0 saturated heterocycles. The van der Waals surface area contributed by atoms with Crippen LogP contribution in [0.5, 0.6) is 0 Å². The summed E-state index contributed by atoms with van der Waals surface area (Å²) in [5.74, 6) is 0.504. The van der Waals surface area contributed by atoms with Crippen LogP contribution < -0.4 is 4.90 Å². The van der Waals surface area contributed by atoms with Crippen LogP contribution in [0.1, 0.15) is 31.1 Å². The fourth-order valence-electron chi connectivity index (χ4n) is 1.49. The Hall–Kier alpha value is -1.64. The monoisotopic (exact) mass is 233 g/mol. The van der Waals surface area contributed by atoms with E-state index in [0.717, 1.165) is 12.1 Å². The van der Waals surface area contributed by atoms with Gasteiger partial charge in [-0.25, -0.2) is 0 Å². The van der Waals surface area contributed by atoms with Gasteiger partial charge in [-0.3, -0.25) is 9.59 Å². The summed E-state index contributed by atoms with van der Waals surface area (Å²) in [4.78, 5) is 24.1. The lowest BCUT2D eigenvalue weighted by atomic mass is 9.90. The number of rotatable bonds is 5.